The molecule has 2 saturated heterocycles. The molecule has 0 spiro atoms. The highest BCUT2D eigenvalue weighted by Crippen LogP contribution is 2.19. The van der Waals surface area contributed by atoms with Crippen molar-refractivity contribution in [1.29, 1.82) is 0 Å². The molecule has 0 aromatic heterocycles. The van der Waals surface area contributed by atoms with Gasteiger partial charge in [0.25, 0.3) is 0 Å². The molecule has 0 radical (unpaired) electrons. The first kappa shape index (κ1) is 20.9. The maximum atomic E-state index is 6.11. The van der Waals surface area contributed by atoms with Crippen molar-refractivity contribution in [3.63, 3.8) is 0 Å². The molecule has 1 aromatic rings. The van der Waals surface area contributed by atoms with E-state index in [0.717, 1.165) is 63.3 Å². The number of rotatable bonds is 7. The van der Waals surface area contributed by atoms with Crippen LogP contribution in [0.4, 0.5) is 0 Å². The van der Waals surface area contributed by atoms with Gasteiger partial charge in [-0.3, -0.25) is 4.99 Å². The predicted octanol–water partition coefficient (Wildman–Crippen LogP) is 2.46. The maximum Gasteiger partial charge on any atom is 0.193 e. The van der Waals surface area contributed by atoms with E-state index >= 15 is 0 Å². The zero-order valence-corrected chi connectivity index (χ0v) is 17.5. The van der Waals surface area contributed by atoms with E-state index in [4.69, 9.17) is 9.47 Å². The number of nitrogens with zero attached hydrogens (tertiary/aromatic N) is 3. The van der Waals surface area contributed by atoms with Crippen molar-refractivity contribution in [2.45, 2.75) is 31.8 Å². The molecule has 2 aliphatic heterocycles. The number of aliphatic imine (C=N–C) groups is 1. The van der Waals surface area contributed by atoms with E-state index in [1.165, 1.54) is 25.9 Å². The van der Waals surface area contributed by atoms with Crippen LogP contribution in [0.3, 0.4) is 0 Å². The Kier molecular flexibility index (Phi) is 8.42. The lowest BCUT2D eigenvalue weighted by Gasteiger charge is -2.36. The predicted molar refractivity (Wildman–Crippen MR) is 114 cm³/mol. The molecule has 1 aromatic carbocycles. The third kappa shape index (κ3) is 6.38. The highest BCUT2D eigenvalue weighted by atomic mass is 16.5. The molecule has 0 bridgehead atoms. The van der Waals surface area contributed by atoms with Gasteiger partial charge in [0.15, 0.2) is 5.96 Å². The fourth-order valence-electron chi connectivity index (χ4n) is 4.08. The Hall–Kier alpha value is -1.79. The quantitative estimate of drug-likeness (QED) is 0.574. The summed E-state index contributed by atoms with van der Waals surface area (Å²) in [4.78, 5) is 9.40. The number of guanidine groups is 1. The molecule has 1 N–H and O–H groups in total. The van der Waals surface area contributed by atoms with Crippen LogP contribution in [0.2, 0.25) is 0 Å². The summed E-state index contributed by atoms with van der Waals surface area (Å²) in [6, 6.07) is 10.1. The summed E-state index contributed by atoms with van der Waals surface area (Å²) in [6.07, 6.45) is 4.87. The van der Waals surface area contributed by atoms with Gasteiger partial charge in [-0.2, -0.15) is 0 Å². The smallest absolute Gasteiger partial charge is 0.193 e. The Morgan fingerprint density at radius 3 is 2.43 bits per heavy atom. The zero-order valence-electron chi connectivity index (χ0n) is 17.5. The molecule has 6 heteroatoms. The molecule has 0 aliphatic carbocycles. The topological polar surface area (TPSA) is 49.3 Å². The van der Waals surface area contributed by atoms with E-state index < -0.39 is 0 Å². The normalized spacial score (nSPS) is 20.4. The first-order valence-corrected chi connectivity index (χ1v) is 10.7. The highest BCUT2D eigenvalue weighted by molar-refractivity contribution is 5.79. The molecule has 0 saturated carbocycles. The van der Waals surface area contributed by atoms with E-state index in [2.05, 4.69) is 20.1 Å². The lowest BCUT2D eigenvalue weighted by Crippen LogP contribution is -2.49. The average molecular weight is 389 g/mol. The number of nitrogens with one attached hydrogen (secondary N) is 1. The molecule has 2 aliphatic rings. The summed E-state index contributed by atoms with van der Waals surface area (Å²) in [5, 5.41) is 3.62. The van der Waals surface area contributed by atoms with Crippen LogP contribution in [0.5, 0.6) is 5.75 Å². The van der Waals surface area contributed by atoms with Crippen molar-refractivity contribution in [3.05, 3.63) is 30.3 Å². The lowest BCUT2D eigenvalue weighted by molar-refractivity contribution is 0.119. The van der Waals surface area contributed by atoms with Crippen LogP contribution >= 0.6 is 0 Å². The third-order valence-electron chi connectivity index (χ3n) is 5.87. The fraction of sp³-hybridized carbons (Fsp3) is 0.682. The van der Waals surface area contributed by atoms with Gasteiger partial charge in [0.2, 0.25) is 0 Å². The van der Waals surface area contributed by atoms with Crippen molar-refractivity contribution in [3.8, 4) is 5.75 Å². The van der Waals surface area contributed by atoms with Gasteiger partial charge in [0, 0.05) is 53.2 Å². The Morgan fingerprint density at radius 2 is 1.79 bits per heavy atom. The number of piperidine rings is 2. The summed E-state index contributed by atoms with van der Waals surface area (Å²) in [6.45, 7) is 7.25. The van der Waals surface area contributed by atoms with Gasteiger partial charge in [-0.25, -0.2) is 0 Å². The van der Waals surface area contributed by atoms with Gasteiger partial charge in [-0.05, 0) is 44.0 Å². The minimum Gasteiger partial charge on any atom is -0.490 e. The molecule has 28 heavy (non-hydrogen) atoms. The second-order valence-corrected chi connectivity index (χ2v) is 7.82. The number of benzene rings is 1. The molecule has 6 nitrogen and oxygen atoms in total. The van der Waals surface area contributed by atoms with Crippen LogP contribution in [0, 0.1) is 5.92 Å². The SMILES string of the molecule is CN=C(NCC1CCN(CCOC)CC1)N1CCC(Oc2ccccc2)CC1. The van der Waals surface area contributed by atoms with Gasteiger partial charge in [0.05, 0.1) is 6.61 Å². The van der Waals surface area contributed by atoms with Crippen LogP contribution in [0.1, 0.15) is 25.7 Å². The van der Waals surface area contributed by atoms with Gasteiger partial charge in [0.1, 0.15) is 11.9 Å². The Bertz CT molecular complexity index is 579. The summed E-state index contributed by atoms with van der Waals surface area (Å²) in [5.74, 6) is 2.75. The Morgan fingerprint density at radius 1 is 1.07 bits per heavy atom. The standard InChI is InChI=1S/C22H36N4O2/c1-23-22(24-18-19-8-12-25(13-9-19)16-17-27-2)26-14-10-21(11-15-26)28-20-6-4-3-5-7-20/h3-7,19,21H,8-18H2,1-2H3,(H,23,24). The van der Waals surface area contributed by atoms with Gasteiger partial charge < -0.3 is 24.6 Å². The highest BCUT2D eigenvalue weighted by Gasteiger charge is 2.24. The fourth-order valence-corrected chi connectivity index (χ4v) is 4.08. The number of para-hydroxylation sites is 1. The van der Waals surface area contributed by atoms with E-state index in [1.807, 2.05) is 37.4 Å². The molecular formula is C22H36N4O2. The van der Waals surface area contributed by atoms with E-state index in [1.54, 1.807) is 7.11 Å². The molecule has 0 amide bonds. The van der Waals surface area contributed by atoms with Crippen LogP contribution in [0.25, 0.3) is 0 Å². The van der Waals surface area contributed by atoms with E-state index in [0.29, 0.717) is 6.10 Å². The minimum absolute atomic E-state index is 0.299. The molecule has 2 heterocycles. The van der Waals surface area contributed by atoms with Crippen LogP contribution in [-0.4, -0.2) is 81.9 Å². The van der Waals surface area contributed by atoms with E-state index in [9.17, 15) is 0 Å². The first-order valence-electron chi connectivity index (χ1n) is 10.7. The van der Waals surface area contributed by atoms with Crippen molar-refractivity contribution < 1.29 is 9.47 Å². The monoisotopic (exact) mass is 388 g/mol. The van der Waals surface area contributed by atoms with Crippen molar-refractivity contribution in [1.82, 2.24) is 15.1 Å². The van der Waals surface area contributed by atoms with Crippen molar-refractivity contribution >= 4 is 5.96 Å². The summed E-state index contributed by atoms with van der Waals surface area (Å²) in [7, 11) is 3.67. The molecule has 0 unspecified atom stereocenters. The third-order valence-corrected chi connectivity index (χ3v) is 5.87. The summed E-state index contributed by atoms with van der Waals surface area (Å²) < 4.78 is 11.3. The first-order chi connectivity index (χ1) is 13.8. The molecule has 2 fully saturated rings. The lowest BCUT2D eigenvalue weighted by atomic mass is 9.97. The molecule has 0 atom stereocenters. The van der Waals surface area contributed by atoms with Crippen molar-refractivity contribution in [2.24, 2.45) is 10.9 Å². The van der Waals surface area contributed by atoms with Crippen molar-refractivity contribution in [2.75, 3.05) is 60.0 Å². The number of likely N-dealkylation sites (tertiary alicyclic amines) is 2. The Balaban J connectivity index is 1.36. The number of hydrogen-bond donors (Lipinski definition) is 1. The van der Waals surface area contributed by atoms with Gasteiger partial charge in [-0.15, -0.1) is 0 Å². The summed E-state index contributed by atoms with van der Waals surface area (Å²) >= 11 is 0. The maximum absolute atomic E-state index is 6.11. The molecular weight excluding hydrogens is 352 g/mol. The zero-order chi connectivity index (χ0) is 19.6. The Labute approximate surface area is 169 Å². The van der Waals surface area contributed by atoms with Gasteiger partial charge in [-0.1, -0.05) is 18.2 Å². The van der Waals surface area contributed by atoms with E-state index in [-0.39, 0.29) is 0 Å². The molecule has 156 valence electrons. The van der Waals surface area contributed by atoms with Gasteiger partial charge >= 0.3 is 0 Å². The number of hydrogen-bond acceptors (Lipinski definition) is 4. The van der Waals surface area contributed by atoms with Crippen LogP contribution in [0.15, 0.2) is 35.3 Å². The second kappa shape index (κ2) is 11.3. The van der Waals surface area contributed by atoms with Crippen LogP contribution in [-0.2, 0) is 4.74 Å². The second-order valence-electron chi connectivity index (χ2n) is 7.82. The summed E-state index contributed by atoms with van der Waals surface area (Å²) in [5.41, 5.74) is 0. The molecule has 3 rings (SSSR count). The number of methoxy groups -OCH3 is 1. The minimum atomic E-state index is 0.299. The average Bonchev–Trinajstić information content (AvgIpc) is 2.75. The largest absolute Gasteiger partial charge is 0.490 e. The number of ether oxygens (including phenoxy) is 2. The van der Waals surface area contributed by atoms with Crippen LogP contribution < -0.4 is 10.1 Å².